The topological polar surface area (TPSA) is 12.0 Å². The molecule has 2 saturated carbocycles. The molecule has 2 fully saturated rings. The molecule has 84 valence electrons. The van der Waals surface area contributed by atoms with Crippen LogP contribution < -0.4 is 5.32 Å². The Bertz CT molecular complexity index is 258. The Morgan fingerprint density at radius 1 is 1.20 bits per heavy atom. The lowest BCUT2D eigenvalue weighted by atomic mass is 9.93. The van der Waals surface area contributed by atoms with Gasteiger partial charge in [-0.25, -0.2) is 0 Å². The molecule has 1 N–H and O–H groups in total. The predicted molar refractivity (Wildman–Crippen MR) is 63.6 cm³/mol. The molecule has 5 atom stereocenters. The molecule has 0 aromatic rings. The van der Waals surface area contributed by atoms with Crippen LogP contribution in [0.2, 0.25) is 0 Å². The molecule has 0 radical (unpaired) electrons. The van der Waals surface area contributed by atoms with Crippen molar-refractivity contribution in [2.75, 3.05) is 6.54 Å². The second-order valence-corrected chi connectivity index (χ2v) is 5.96. The fourth-order valence-corrected chi connectivity index (χ4v) is 3.88. The van der Waals surface area contributed by atoms with Gasteiger partial charge in [-0.1, -0.05) is 25.5 Å². The summed E-state index contributed by atoms with van der Waals surface area (Å²) in [6.45, 7) is 3.69. The molecule has 0 spiro atoms. The third-order valence-electron chi connectivity index (χ3n) is 4.92. The minimum atomic E-state index is 0.827. The summed E-state index contributed by atoms with van der Waals surface area (Å²) in [6, 6.07) is 0.827. The minimum Gasteiger partial charge on any atom is -0.313 e. The van der Waals surface area contributed by atoms with E-state index < -0.39 is 0 Å². The smallest absolute Gasteiger partial charge is 0.00928 e. The van der Waals surface area contributed by atoms with Gasteiger partial charge in [0.05, 0.1) is 0 Å². The molecule has 0 aromatic heterocycles. The highest BCUT2D eigenvalue weighted by Gasteiger charge is 2.35. The summed E-state index contributed by atoms with van der Waals surface area (Å²) in [5, 5.41) is 3.82. The van der Waals surface area contributed by atoms with E-state index in [-0.39, 0.29) is 0 Å². The molecule has 0 amide bonds. The number of allylic oxidation sites excluding steroid dienone is 2. The van der Waals surface area contributed by atoms with Crippen molar-refractivity contribution >= 4 is 0 Å². The molecule has 0 aromatic carbocycles. The molecule has 1 nitrogen and oxygen atoms in total. The van der Waals surface area contributed by atoms with Gasteiger partial charge in [-0.3, -0.25) is 0 Å². The summed E-state index contributed by atoms with van der Waals surface area (Å²) in [7, 11) is 0. The van der Waals surface area contributed by atoms with Gasteiger partial charge in [-0.05, 0) is 55.9 Å². The van der Waals surface area contributed by atoms with E-state index in [9.17, 15) is 0 Å². The Balaban J connectivity index is 1.48. The van der Waals surface area contributed by atoms with Crippen molar-refractivity contribution in [1.29, 1.82) is 0 Å². The highest BCUT2D eigenvalue weighted by Crippen LogP contribution is 2.43. The number of hydrogen-bond acceptors (Lipinski definition) is 1. The van der Waals surface area contributed by atoms with Gasteiger partial charge in [0.25, 0.3) is 0 Å². The van der Waals surface area contributed by atoms with Crippen LogP contribution in [0.5, 0.6) is 0 Å². The molecule has 0 heterocycles. The van der Waals surface area contributed by atoms with Crippen molar-refractivity contribution in [2.24, 2.45) is 23.7 Å². The van der Waals surface area contributed by atoms with E-state index >= 15 is 0 Å². The summed E-state index contributed by atoms with van der Waals surface area (Å²) in [4.78, 5) is 0. The van der Waals surface area contributed by atoms with E-state index in [1.807, 2.05) is 0 Å². The van der Waals surface area contributed by atoms with Gasteiger partial charge >= 0.3 is 0 Å². The summed E-state index contributed by atoms with van der Waals surface area (Å²) < 4.78 is 0. The van der Waals surface area contributed by atoms with Crippen LogP contribution in [0.15, 0.2) is 12.2 Å². The Hall–Kier alpha value is -0.300. The molecule has 3 aliphatic rings. The van der Waals surface area contributed by atoms with Crippen LogP contribution in [-0.2, 0) is 0 Å². The number of hydrogen-bond donors (Lipinski definition) is 1. The average molecular weight is 205 g/mol. The zero-order valence-electron chi connectivity index (χ0n) is 9.78. The van der Waals surface area contributed by atoms with Gasteiger partial charge in [0.15, 0.2) is 0 Å². The second-order valence-electron chi connectivity index (χ2n) is 5.96. The fraction of sp³-hybridized carbons (Fsp3) is 0.857. The summed E-state index contributed by atoms with van der Waals surface area (Å²) in [5.41, 5.74) is 0. The molecule has 1 heteroatoms. The summed E-state index contributed by atoms with van der Waals surface area (Å²) in [6.07, 6.45) is 12.1. The summed E-state index contributed by atoms with van der Waals surface area (Å²) in [5.74, 6) is 3.72. The Morgan fingerprint density at radius 3 is 2.73 bits per heavy atom. The third-order valence-corrected chi connectivity index (χ3v) is 4.92. The van der Waals surface area contributed by atoms with Crippen LogP contribution in [0.1, 0.15) is 39.0 Å². The second kappa shape index (κ2) is 3.93. The van der Waals surface area contributed by atoms with E-state index in [4.69, 9.17) is 0 Å². The lowest BCUT2D eigenvalue weighted by molar-refractivity contribution is 0.352. The van der Waals surface area contributed by atoms with Crippen molar-refractivity contribution in [1.82, 2.24) is 5.32 Å². The molecule has 0 saturated heterocycles. The molecule has 2 bridgehead atoms. The van der Waals surface area contributed by atoms with Crippen LogP contribution in [0, 0.1) is 23.7 Å². The average Bonchev–Trinajstić information content (AvgIpc) is 2.90. The van der Waals surface area contributed by atoms with Crippen molar-refractivity contribution < 1.29 is 0 Å². The first-order valence-corrected chi connectivity index (χ1v) is 6.74. The van der Waals surface area contributed by atoms with Gasteiger partial charge in [-0.15, -0.1) is 0 Å². The van der Waals surface area contributed by atoms with Crippen molar-refractivity contribution in [2.45, 2.75) is 45.1 Å². The van der Waals surface area contributed by atoms with Crippen LogP contribution in [-0.4, -0.2) is 12.6 Å². The molecule has 3 aliphatic carbocycles. The molecular formula is C14H23N. The molecule has 0 aliphatic heterocycles. The zero-order valence-corrected chi connectivity index (χ0v) is 9.78. The van der Waals surface area contributed by atoms with Crippen LogP contribution in [0.3, 0.4) is 0 Å². The lowest BCUT2D eigenvalue weighted by Gasteiger charge is -2.23. The van der Waals surface area contributed by atoms with E-state index in [0.29, 0.717) is 0 Å². The molecule has 15 heavy (non-hydrogen) atoms. The van der Waals surface area contributed by atoms with Crippen molar-refractivity contribution in [3.63, 3.8) is 0 Å². The first kappa shape index (κ1) is 9.89. The third kappa shape index (κ3) is 1.87. The van der Waals surface area contributed by atoms with Crippen molar-refractivity contribution in [3.8, 4) is 0 Å². The largest absolute Gasteiger partial charge is 0.313 e. The SMILES string of the molecule is CC1CCCC1NCC1CC2C=CC1C2. The Morgan fingerprint density at radius 2 is 2.13 bits per heavy atom. The molecule has 3 rings (SSSR count). The molecule has 5 unspecified atom stereocenters. The highest BCUT2D eigenvalue weighted by atomic mass is 14.9. The highest BCUT2D eigenvalue weighted by molar-refractivity contribution is 5.10. The minimum absolute atomic E-state index is 0.827. The Labute approximate surface area is 93.3 Å². The first-order chi connectivity index (χ1) is 7.33. The molecular weight excluding hydrogens is 182 g/mol. The maximum Gasteiger partial charge on any atom is 0.00928 e. The van der Waals surface area contributed by atoms with E-state index in [1.54, 1.807) is 0 Å². The quantitative estimate of drug-likeness (QED) is 0.698. The monoisotopic (exact) mass is 205 g/mol. The number of fused-ring (bicyclic) bond motifs is 2. The number of nitrogens with one attached hydrogen (secondary N) is 1. The van der Waals surface area contributed by atoms with Gasteiger partial charge in [0, 0.05) is 6.04 Å². The maximum absolute atomic E-state index is 3.82. The lowest BCUT2D eigenvalue weighted by Crippen LogP contribution is -2.36. The van der Waals surface area contributed by atoms with Crippen molar-refractivity contribution in [3.05, 3.63) is 12.2 Å². The maximum atomic E-state index is 3.82. The van der Waals surface area contributed by atoms with E-state index in [1.165, 1.54) is 38.6 Å². The zero-order chi connectivity index (χ0) is 10.3. The van der Waals surface area contributed by atoms with Gasteiger partial charge in [0.1, 0.15) is 0 Å². The Kier molecular flexibility index (Phi) is 2.59. The number of rotatable bonds is 3. The predicted octanol–water partition coefficient (Wildman–Crippen LogP) is 2.98. The van der Waals surface area contributed by atoms with Gasteiger partial charge < -0.3 is 5.32 Å². The van der Waals surface area contributed by atoms with Gasteiger partial charge in [-0.2, -0.15) is 0 Å². The van der Waals surface area contributed by atoms with Crippen LogP contribution in [0.4, 0.5) is 0 Å². The standard InChI is InChI=1S/C14H23N/c1-10-3-2-4-14(10)15-9-13-8-11-5-6-12(13)7-11/h5-6,10-15H,2-4,7-9H2,1H3. The normalized spacial score (nSPS) is 47.9. The first-order valence-electron chi connectivity index (χ1n) is 6.74. The van der Waals surface area contributed by atoms with Crippen LogP contribution >= 0.6 is 0 Å². The van der Waals surface area contributed by atoms with E-state index in [0.717, 1.165) is 29.7 Å². The van der Waals surface area contributed by atoms with Gasteiger partial charge in [0.2, 0.25) is 0 Å². The van der Waals surface area contributed by atoms with E-state index in [2.05, 4.69) is 24.4 Å². The summed E-state index contributed by atoms with van der Waals surface area (Å²) >= 11 is 0. The fourth-order valence-electron chi connectivity index (χ4n) is 3.88. The van der Waals surface area contributed by atoms with Crippen LogP contribution in [0.25, 0.3) is 0 Å².